The second-order valence-electron chi connectivity index (χ2n) is 11.7. The Balaban J connectivity index is 1.57. The van der Waals surface area contributed by atoms with E-state index in [1.807, 2.05) is 10.9 Å². The Morgan fingerprint density at radius 1 is 1.00 bits per heavy atom. The minimum absolute atomic E-state index is 0.390. The van der Waals surface area contributed by atoms with Gasteiger partial charge >= 0.3 is 7.12 Å². The number of hydrogen-bond donors (Lipinski definition) is 0. The molecule has 8 heteroatoms. The molecule has 1 aliphatic heterocycles. The number of benzene rings is 2. The van der Waals surface area contributed by atoms with E-state index < -0.39 is 26.4 Å². The van der Waals surface area contributed by atoms with Gasteiger partial charge in [0.2, 0.25) is 0 Å². The van der Waals surface area contributed by atoms with E-state index in [2.05, 4.69) is 89.8 Å². The molecule has 4 aromatic rings. The fourth-order valence-corrected chi connectivity index (χ4v) is 6.14. The highest BCUT2D eigenvalue weighted by atomic mass is 32.1. The second-order valence-corrected chi connectivity index (χ2v) is 18.4. The van der Waals surface area contributed by atoms with Gasteiger partial charge in [0, 0.05) is 35.2 Å². The summed E-state index contributed by atoms with van der Waals surface area (Å²) in [5.74, 6) is 0. The Morgan fingerprint density at radius 3 is 2.40 bits per heavy atom. The molecule has 2 aromatic carbocycles. The molecule has 0 bridgehead atoms. The van der Waals surface area contributed by atoms with Gasteiger partial charge in [0.05, 0.1) is 22.9 Å². The van der Waals surface area contributed by atoms with Crippen LogP contribution in [0.4, 0.5) is 0 Å². The average molecular weight is 507 g/mol. The summed E-state index contributed by atoms with van der Waals surface area (Å²) in [6, 6.07) is 16.3. The standard InChI is InChI=1S/C27H35BN2O3SSi/c1-26(2)27(3,4)33-28(32-26)21-14-20-17-29-30(18-31-12-13-35(5,6)7)25(20)22(16-21)24-15-19-10-8-9-11-23(19)34-24/h8-11,14-17H,12-13,18H2,1-7H3. The van der Waals surface area contributed by atoms with Crippen molar-refractivity contribution in [3.8, 4) is 10.4 Å². The summed E-state index contributed by atoms with van der Waals surface area (Å²) in [7, 11) is -1.56. The zero-order valence-corrected chi connectivity index (χ0v) is 23.7. The van der Waals surface area contributed by atoms with Crippen LogP contribution in [0.2, 0.25) is 25.7 Å². The van der Waals surface area contributed by atoms with E-state index >= 15 is 0 Å². The van der Waals surface area contributed by atoms with Gasteiger partial charge in [-0.3, -0.25) is 0 Å². The molecule has 0 saturated carbocycles. The molecular weight excluding hydrogens is 471 g/mol. The molecular formula is C27H35BN2O3SSi. The maximum absolute atomic E-state index is 6.40. The molecule has 0 amide bonds. The first-order valence-electron chi connectivity index (χ1n) is 12.4. The molecule has 0 spiro atoms. The van der Waals surface area contributed by atoms with Crippen LogP contribution in [0.5, 0.6) is 0 Å². The summed E-state index contributed by atoms with van der Waals surface area (Å²) in [6.07, 6.45) is 1.93. The van der Waals surface area contributed by atoms with Gasteiger partial charge in [-0.15, -0.1) is 11.3 Å². The summed E-state index contributed by atoms with van der Waals surface area (Å²) < 4.78 is 22.2. The van der Waals surface area contributed by atoms with Crippen LogP contribution < -0.4 is 5.46 Å². The molecule has 1 fully saturated rings. The van der Waals surface area contributed by atoms with Gasteiger partial charge in [0.15, 0.2) is 0 Å². The van der Waals surface area contributed by atoms with Crippen LogP contribution in [0, 0.1) is 0 Å². The van der Waals surface area contributed by atoms with Gasteiger partial charge in [-0.2, -0.15) is 5.10 Å². The molecule has 1 saturated heterocycles. The van der Waals surface area contributed by atoms with Crippen LogP contribution in [-0.2, 0) is 20.8 Å². The van der Waals surface area contributed by atoms with Crippen LogP contribution in [0.3, 0.4) is 0 Å². The van der Waals surface area contributed by atoms with Crippen molar-refractivity contribution in [2.45, 2.75) is 71.3 Å². The van der Waals surface area contributed by atoms with Crippen molar-refractivity contribution in [1.82, 2.24) is 9.78 Å². The molecule has 0 aliphatic carbocycles. The number of aromatic nitrogens is 2. The van der Waals surface area contributed by atoms with Crippen LogP contribution in [-0.4, -0.2) is 42.8 Å². The second kappa shape index (κ2) is 8.85. The van der Waals surface area contributed by atoms with Gasteiger partial charge in [0.1, 0.15) is 6.73 Å². The third-order valence-corrected chi connectivity index (χ3v) is 10.0. The molecule has 184 valence electrons. The van der Waals surface area contributed by atoms with E-state index in [0.29, 0.717) is 6.73 Å². The first-order valence-corrected chi connectivity index (χ1v) is 16.9. The highest BCUT2D eigenvalue weighted by Crippen LogP contribution is 2.39. The molecule has 0 N–H and O–H groups in total. The van der Waals surface area contributed by atoms with Crippen LogP contribution in [0.15, 0.2) is 48.7 Å². The number of hydrogen-bond acceptors (Lipinski definition) is 5. The molecule has 5 rings (SSSR count). The first-order chi connectivity index (χ1) is 16.4. The number of fused-ring (bicyclic) bond motifs is 2. The lowest BCUT2D eigenvalue weighted by molar-refractivity contribution is 0.00578. The van der Waals surface area contributed by atoms with E-state index in [0.717, 1.165) is 34.6 Å². The molecule has 3 heterocycles. The van der Waals surface area contributed by atoms with Crippen molar-refractivity contribution in [2.75, 3.05) is 6.61 Å². The van der Waals surface area contributed by atoms with Crippen molar-refractivity contribution in [3.05, 3.63) is 48.7 Å². The Hall–Kier alpha value is -1.97. The zero-order chi connectivity index (χ0) is 25.0. The van der Waals surface area contributed by atoms with Crippen molar-refractivity contribution < 1.29 is 14.0 Å². The van der Waals surface area contributed by atoms with Crippen molar-refractivity contribution in [2.24, 2.45) is 0 Å². The van der Waals surface area contributed by atoms with Gasteiger partial charge in [0.25, 0.3) is 0 Å². The van der Waals surface area contributed by atoms with Gasteiger partial charge in [-0.05, 0) is 56.7 Å². The van der Waals surface area contributed by atoms with E-state index in [4.69, 9.17) is 19.1 Å². The smallest absolute Gasteiger partial charge is 0.399 e. The van der Waals surface area contributed by atoms with Crippen molar-refractivity contribution in [3.63, 3.8) is 0 Å². The summed E-state index contributed by atoms with van der Waals surface area (Å²) >= 11 is 1.80. The molecule has 35 heavy (non-hydrogen) atoms. The predicted octanol–water partition coefficient (Wildman–Crippen LogP) is 6.53. The fourth-order valence-electron chi connectivity index (χ4n) is 4.30. The van der Waals surface area contributed by atoms with Crippen LogP contribution in [0.1, 0.15) is 27.7 Å². The largest absolute Gasteiger partial charge is 0.494 e. The van der Waals surface area contributed by atoms with E-state index in [-0.39, 0.29) is 0 Å². The van der Waals surface area contributed by atoms with E-state index in [1.165, 1.54) is 15.0 Å². The monoisotopic (exact) mass is 506 g/mol. The Morgan fingerprint density at radius 2 is 1.71 bits per heavy atom. The topological polar surface area (TPSA) is 45.5 Å². The Labute approximate surface area is 213 Å². The average Bonchev–Trinajstić information content (AvgIpc) is 3.44. The maximum Gasteiger partial charge on any atom is 0.494 e. The number of ether oxygens (including phenoxy) is 1. The SMILES string of the molecule is CC1(C)OB(c2cc(-c3cc4ccccc4s3)c3c(cnn3COCC[Si](C)(C)C)c2)OC1(C)C. The summed E-state index contributed by atoms with van der Waals surface area (Å²) in [5, 5.41) is 7.04. The summed E-state index contributed by atoms with van der Waals surface area (Å²) in [5.41, 5.74) is 2.46. The van der Waals surface area contributed by atoms with Crippen LogP contribution in [0.25, 0.3) is 31.4 Å². The quantitative estimate of drug-likeness (QED) is 0.211. The van der Waals surface area contributed by atoms with Crippen LogP contribution >= 0.6 is 11.3 Å². The molecule has 0 atom stereocenters. The van der Waals surface area contributed by atoms with Crippen molar-refractivity contribution in [1.29, 1.82) is 0 Å². The minimum atomic E-state index is -1.14. The maximum atomic E-state index is 6.40. The third-order valence-electron chi connectivity index (χ3n) is 7.18. The number of nitrogens with zero attached hydrogens (tertiary/aromatic N) is 2. The lowest BCUT2D eigenvalue weighted by Crippen LogP contribution is -2.41. The number of thiophene rings is 1. The number of rotatable bonds is 7. The van der Waals surface area contributed by atoms with E-state index in [1.54, 1.807) is 11.3 Å². The molecule has 0 radical (unpaired) electrons. The Bertz CT molecular complexity index is 1320. The Kier molecular flexibility index (Phi) is 6.25. The molecule has 0 unspecified atom stereocenters. The normalized spacial score (nSPS) is 17.6. The fraction of sp³-hybridized carbons (Fsp3) is 0.444. The highest BCUT2D eigenvalue weighted by Gasteiger charge is 2.51. The van der Waals surface area contributed by atoms with E-state index in [9.17, 15) is 0 Å². The summed E-state index contributed by atoms with van der Waals surface area (Å²) in [4.78, 5) is 1.21. The predicted molar refractivity (Wildman–Crippen MR) is 150 cm³/mol. The lowest BCUT2D eigenvalue weighted by atomic mass is 9.77. The molecule has 1 aliphatic rings. The minimum Gasteiger partial charge on any atom is -0.399 e. The summed E-state index contributed by atoms with van der Waals surface area (Å²) in [6.45, 7) is 16.7. The highest BCUT2D eigenvalue weighted by molar-refractivity contribution is 7.22. The zero-order valence-electron chi connectivity index (χ0n) is 21.8. The van der Waals surface area contributed by atoms with Gasteiger partial charge in [-0.1, -0.05) is 50.0 Å². The molecule has 5 nitrogen and oxygen atoms in total. The van der Waals surface area contributed by atoms with Crippen molar-refractivity contribution >= 4 is 53.0 Å². The lowest BCUT2D eigenvalue weighted by Gasteiger charge is -2.32. The van der Waals surface area contributed by atoms with Gasteiger partial charge < -0.3 is 14.0 Å². The first kappa shape index (κ1) is 24.7. The third kappa shape index (κ3) is 4.87. The van der Waals surface area contributed by atoms with Gasteiger partial charge in [-0.25, -0.2) is 4.68 Å². The molecule has 2 aromatic heterocycles.